The maximum absolute atomic E-state index is 10.3. The second-order valence-electron chi connectivity index (χ2n) is 3.17. The van der Waals surface area contributed by atoms with Crippen LogP contribution in [-0.2, 0) is 4.79 Å². The van der Waals surface area contributed by atoms with Crippen LogP contribution in [0.5, 0.6) is 0 Å². The van der Waals surface area contributed by atoms with Crippen molar-refractivity contribution in [2.45, 2.75) is 12.8 Å². The number of aliphatic hydroxyl groups is 2. The van der Waals surface area contributed by atoms with E-state index in [4.69, 9.17) is 21.1 Å². The summed E-state index contributed by atoms with van der Waals surface area (Å²) in [6.45, 7) is 0.00202. The minimum atomic E-state index is -0.898. The molecule has 1 unspecified atom stereocenters. The Morgan fingerprint density at radius 3 is 2.00 bits per heavy atom. The van der Waals surface area contributed by atoms with Gasteiger partial charge in [-0.2, -0.15) is 0 Å². The zero-order chi connectivity index (χ0) is 10.3. The first-order chi connectivity index (χ1) is 6.13. The van der Waals surface area contributed by atoms with E-state index in [-0.39, 0.29) is 50.4 Å². The number of halogens is 1. The zero-order valence-corrected chi connectivity index (χ0v) is 8.74. The summed E-state index contributed by atoms with van der Waals surface area (Å²) in [4.78, 5) is 10.3. The van der Waals surface area contributed by atoms with Gasteiger partial charge in [0.05, 0.1) is 0 Å². The Labute approximate surface area is 89.3 Å². The molecule has 0 fully saturated rings. The van der Waals surface area contributed by atoms with Crippen molar-refractivity contribution in [2.75, 3.05) is 19.8 Å². The quantitative estimate of drug-likeness (QED) is 0.467. The molecule has 0 aliphatic carbocycles. The third-order valence-electron chi connectivity index (χ3n) is 1.98. The van der Waals surface area contributed by atoms with Crippen LogP contribution in [0.15, 0.2) is 0 Å². The Morgan fingerprint density at radius 2 is 1.71 bits per heavy atom. The monoisotopic (exact) mass is 227 g/mol. The van der Waals surface area contributed by atoms with Gasteiger partial charge in [-0.3, -0.25) is 4.79 Å². The third kappa shape index (κ3) is 7.08. The van der Waals surface area contributed by atoms with Gasteiger partial charge in [0.2, 0.25) is 0 Å². The Balaban J connectivity index is 0. The third-order valence-corrected chi connectivity index (χ3v) is 1.98. The number of carboxylic acids is 1. The molecule has 0 aliphatic rings. The molecule has 0 saturated heterocycles. The minimum absolute atomic E-state index is 0. The van der Waals surface area contributed by atoms with Crippen molar-refractivity contribution in [1.82, 2.24) is 0 Å². The lowest BCUT2D eigenvalue weighted by molar-refractivity contribution is -0.138. The van der Waals surface area contributed by atoms with Gasteiger partial charge >= 0.3 is 5.97 Å². The summed E-state index contributed by atoms with van der Waals surface area (Å²) in [7, 11) is 0. The fourth-order valence-corrected chi connectivity index (χ4v) is 1.19. The van der Waals surface area contributed by atoms with Gasteiger partial charge in [0.1, 0.15) is 0 Å². The molecule has 0 spiro atoms. The van der Waals surface area contributed by atoms with E-state index in [1.165, 1.54) is 0 Å². The van der Waals surface area contributed by atoms with Crippen molar-refractivity contribution in [3.05, 3.63) is 0 Å². The maximum Gasteiger partial charge on any atom is 0.303 e. The number of carboxylic acid groups (broad SMARTS) is 1. The number of rotatable bonds is 7. The van der Waals surface area contributed by atoms with Crippen LogP contribution in [0, 0.1) is 11.8 Å². The second kappa shape index (κ2) is 9.21. The minimum Gasteiger partial charge on any atom is -0.481 e. The molecule has 0 aliphatic heterocycles. The van der Waals surface area contributed by atoms with Gasteiger partial charge in [-0.25, -0.2) is 0 Å². The average molecular weight is 228 g/mol. The van der Waals surface area contributed by atoms with E-state index in [1.807, 2.05) is 0 Å². The predicted octanol–water partition coefficient (Wildman–Crippen LogP) is -0.551. The number of aliphatic carboxylic acids is 1. The summed E-state index contributed by atoms with van der Waals surface area (Å²) in [5, 5.41) is 26.0. The van der Waals surface area contributed by atoms with Crippen LogP contribution < -0.4 is 5.73 Å². The topological polar surface area (TPSA) is 104 Å². The summed E-state index contributed by atoms with van der Waals surface area (Å²) in [5.74, 6) is -1.32. The van der Waals surface area contributed by atoms with E-state index in [1.54, 1.807) is 0 Å². The smallest absolute Gasteiger partial charge is 0.303 e. The van der Waals surface area contributed by atoms with Gasteiger partial charge in [-0.15, -0.1) is 12.4 Å². The Kier molecular flexibility index (Phi) is 10.6. The maximum atomic E-state index is 10.3. The summed E-state index contributed by atoms with van der Waals surface area (Å²) in [6.07, 6.45) is 0.447. The molecule has 0 bridgehead atoms. The first-order valence-electron chi connectivity index (χ1n) is 4.27. The number of aliphatic hydroxyl groups excluding tert-OH is 2. The van der Waals surface area contributed by atoms with E-state index >= 15 is 0 Å². The van der Waals surface area contributed by atoms with E-state index in [9.17, 15) is 4.79 Å². The standard InChI is InChI=1S/C8H17NO4.ClH/c9-3-6(2-8(12)13)1-7(4-10)5-11;/h6-7,10-11H,1-5,9H2,(H,12,13);1H. The molecule has 1 atom stereocenters. The molecule has 0 aromatic rings. The van der Waals surface area contributed by atoms with Gasteiger partial charge < -0.3 is 21.1 Å². The second-order valence-corrected chi connectivity index (χ2v) is 3.17. The molecule has 14 heavy (non-hydrogen) atoms. The zero-order valence-electron chi connectivity index (χ0n) is 7.93. The van der Waals surface area contributed by atoms with E-state index < -0.39 is 5.97 Å². The van der Waals surface area contributed by atoms with Crippen LogP contribution in [0.1, 0.15) is 12.8 Å². The van der Waals surface area contributed by atoms with Crippen LogP contribution in [0.4, 0.5) is 0 Å². The summed E-state index contributed by atoms with van der Waals surface area (Å²) < 4.78 is 0. The van der Waals surface area contributed by atoms with Crippen molar-refractivity contribution < 1.29 is 20.1 Å². The average Bonchev–Trinajstić information content (AvgIpc) is 2.11. The molecule has 0 heterocycles. The number of hydrogen-bond acceptors (Lipinski definition) is 4. The van der Waals surface area contributed by atoms with Gasteiger partial charge in [0.25, 0.3) is 0 Å². The van der Waals surface area contributed by atoms with Crippen LogP contribution in [0.3, 0.4) is 0 Å². The van der Waals surface area contributed by atoms with Gasteiger partial charge in [-0.1, -0.05) is 0 Å². The molecular weight excluding hydrogens is 210 g/mol. The molecule has 86 valence electrons. The molecule has 0 aromatic heterocycles. The van der Waals surface area contributed by atoms with Crippen LogP contribution in [-0.4, -0.2) is 41.0 Å². The fraction of sp³-hybridized carbons (Fsp3) is 0.875. The fourth-order valence-electron chi connectivity index (χ4n) is 1.19. The lowest BCUT2D eigenvalue weighted by atomic mass is 9.93. The van der Waals surface area contributed by atoms with E-state index in [0.717, 1.165) is 0 Å². The van der Waals surface area contributed by atoms with Crippen molar-refractivity contribution in [1.29, 1.82) is 0 Å². The molecule has 0 radical (unpaired) electrons. The van der Waals surface area contributed by atoms with Crippen LogP contribution in [0.25, 0.3) is 0 Å². The SMILES string of the molecule is Cl.NCC(CC(=O)O)CC(CO)CO. The van der Waals surface area contributed by atoms with Crippen LogP contribution >= 0.6 is 12.4 Å². The number of carbonyl (C=O) groups is 1. The highest BCUT2D eigenvalue weighted by Gasteiger charge is 2.16. The van der Waals surface area contributed by atoms with Crippen molar-refractivity contribution >= 4 is 18.4 Å². The van der Waals surface area contributed by atoms with Crippen molar-refractivity contribution in [2.24, 2.45) is 17.6 Å². The summed E-state index contributed by atoms with van der Waals surface area (Å²) >= 11 is 0. The summed E-state index contributed by atoms with van der Waals surface area (Å²) in [6, 6.07) is 0. The highest BCUT2D eigenvalue weighted by atomic mass is 35.5. The molecular formula is C8H18ClNO4. The normalized spacial score (nSPS) is 12.3. The van der Waals surface area contributed by atoms with Crippen molar-refractivity contribution in [3.8, 4) is 0 Å². The lowest BCUT2D eigenvalue weighted by Gasteiger charge is -2.17. The van der Waals surface area contributed by atoms with Gasteiger partial charge in [0.15, 0.2) is 0 Å². The molecule has 0 rings (SSSR count). The molecule has 5 nitrogen and oxygen atoms in total. The highest BCUT2D eigenvalue weighted by molar-refractivity contribution is 5.85. The molecule has 0 amide bonds. The Morgan fingerprint density at radius 1 is 1.21 bits per heavy atom. The first kappa shape index (κ1) is 16.1. The summed E-state index contributed by atoms with van der Waals surface area (Å²) in [5.41, 5.74) is 5.35. The molecule has 0 aromatic carbocycles. The van der Waals surface area contributed by atoms with Crippen molar-refractivity contribution in [3.63, 3.8) is 0 Å². The lowest BCUT2D eigenvalue weighted by Crippen LogP contribution is -2.24. The van der Waals surface area contributed by atoms with E-state index in [0.29, 0.717) is 6.42 Å². The number of nitrogens with two attached hydrogens (primary N) is 1. The molecule has 6 heteroatoms. The number of hydrogen-bond donors (Lipinski definition) is 4. The van der Waals surface area contributed by atoms with Crippen LogP contribution in [0.2, 0.25) is 0 Å². The molecule has 0 saturated carbocycles. The predicted molar refractivity (Wildman–Crippen MR) is 54.3 cm³/mol. The van der Waals surface area contributed by atoms with Gasteiger partial charge in [0, 0.05) is 25.6 Å². The molecule has 5 N–H and O–H groups in total. The van der Waals surface area contributed by atoms with Gasteiger partial charge in [-0.05, 0) is 18.9 Å². The Hall–Kier alpha value is -0.360. The highest BCUT2D eigenvalue weighted by Crippen LogP contribution is 2.14. The largest absolute Gasteiger partial charge is 0.481 e. The van der Waals surface area contributed by atoms with E-state index in [2.05, 4.69) is 0 Å². The first-order valence-corrected chi connectivity index (χ1v) is 4.27. The Bertz CT molecular complexity index is 152.